The normalized spacial score (nSPS) is 19.3. The Bertz CT molecular complexity index is 1000. The van der Waals surface area contributed by atoms with Crippen LogP contribution in [-0.4, -0.2) is 29.5 Å². The topological polar surface area (TPSA) is 65.2 Å². The van der Waals surface area contributed by atoms with Crippen LogP contribution in [0.25, 0.3) is 22.1 Å². The van der Waals surface area contributed by atoms with Crippen LogP contribution >= 0.6 is 0 Å². The zero-order chi connectivity index (χ0) is 20.9. The number of aromatic nitrogens is 2. The Balaban J connectivity index is 1.39. The second-order valence-electron chi connectivity index (χ2n) is 8.48. The average Bonchev–Trinajstić information content (AvgIpc) is 3.20. The number of pyridine rings is 1. The van der Waals surface area contributed by atoms with E-state index in [2.05, 4.69) is 16.0 Å². The number of Topliss-reactive ketones (excluding diaryl/α,β-unsaturated/α-hetero) is 1. The molecule has 5 heteroatoms. The Morgan fingerprint density at radius 1 is 1.10 bits per heavy atom. The van der Waals surface area contributed by atoms with E-state index in [9.17, 15) is 4.79 Å². The standard InChI is InChI=1S/C25H30N2O3/c1-17-26-16-25(30-17)20-9-10-21-15-27-23(13-22(21)12-20)14-24(28)19-7-5-18(6-8-19)4-3-11-29-2/h9-10,12-13,15-16,18-19H,3-8,11,14H2,1-2H3. The van der Waals surface area contributed by atoms with E-state index in [1.807, 2.05) is 31.3 Å². The number of ketones is 1. The summed E-state index contributed by atoms with van der Waals surface area (Å²) in [5.74, 6) is 2.68. The second kappa shape index (κ2) is 9.52. The first-order chi connectivity index (χ1) is 14.6. The molecule has 2 aromatic heterocycles. The number of methoxy groups -OCH3 is 1. The Morgan fingerprint density at radius 3 is 2.67 bits per heavy atom. The molecule has 1 aromatic carbocycles. The van der Waals surface area contributed by atoms with Crippen LogP contribution in [0.5, 0.6) is 0 Å². The van der Waals surface area contributed by atoms with Crippen molar-refractivity contribution in [3.63, 3.8) is 0 Å². The van der Waals surface area contributed by atoms with Crippen LogP contribution in [-0.2, 0) is 16.0 Å². The fourth-order valence-corrected chi connectivity index (χ4v) is 4.54. The maximum atomic E-state index is 12.9. The summed E-state index contributed by atoms with van der Waals surface area (Å²) in [6.07, 6.45) is 10.7. The number of hydrogen-bond acceptors (Lipinski definition) is 5. The predicted molar refractivity (Wildman–Crippen MR) is 117 cm³/mol. The first kappa shape index (κ1) is 20.7. The third-order valence-corrected chi connectivity index (χ3v) is 6.30. The highest BCUT2D eigenvalue weighted by atomic mass is 16.5. The van der Waals surface area contributed by atoms with Crippen LogP contribution in [0.1, 0.15) is 50.1 Å². The maximum absolute atomic E-state index is 12.9. The molecule has 0 atom stereocenters. The molecule has 1 saturated carbocycles. The molecule has 0 bridgehead atoms. The Morgan fingerprint density at radius 2 is 1.93 bits per heavy atom. The van der Waals surface area contributed by atoms with Crippen molar-refractivity contribution in [3.05, 3.63) is 48.2 Å². The summed E-state index contributed by atoms with van der Waals surface area (Å²) in [4.78, 5) is 21.6. The molecule has 1 fully saturated rings. The summed E-state index contributed by atoms with van der Waals surface area (Å²) in [7, 11) is 1.76. The molecule has 1 aliphatic rings. The summed E-state index contributed by atoms with van der Waals surface area (Å²) < 4.78 is 10.8. The van der Waals surface area contributed by atoms with Crippen molar-refractivity contribution in [2.45, 2.75) is 51.9 Å². The molecular formula is C25H30N2O3. The Labute approximate surface area is 177 Å². The lowest BCUT2D eigenvalue weighted by molar-refractivity contribution is -0.123. The number of benzene rings is 1. The van der Waals surface area contributed by atoms with Crippen LogP contribution in [0.2, 0.25) is 0 Å². The third kappa shape index (κ3) is 4.96. The van der Waals surface area contributed by atoms with E-state index in [1.54, 1.807) is 13.3 Å². The maximum Gasteiger partial charge on any atom is 0.191 e. The minimum absolute atomic E-state index is 0.185. The first-order valence-electron chi connectivity index (χ1n) is 11.0. The Kier molecular flexibility index (Phi) is 6.58. The van der Waals surface area contributed by atoms with E-state index in [1.165, 1.54) is 6.42 Å². The zero-order valence-electron chi connectivity index (χ0n) is 17.9. The molecule has 3 aromatic rings. The van der Waals surface area contributed by atoms with E-state index in [4.69, 9.17) is 9.15 Å². The number of hydrogen-bond donors (Lipinski definition) is 0. The summed E-state index contributed by atoms with van der Waals surface area (Å²) in [5, 5.41) is 2.13. The van der Waals surface area contributed by atoms with E-state index in [0.29, 0.717) is 18.1 Å². The van der Waals surface area contributed by atoms with Gasteiger partial charge < -0.3 is 9.15 Å². The van der Waals surface area contributed by atoms with Gasteiger partial charge in [-0.1, -0.05) is 12.1 Å². The summed E-state index contributed by atoms with van der Waals surface area (Å²) in [6.45, 7) is 2.68. The van der Waals surface area contributed by atoms with E-state index < -0.39 is 0 Å². The van der Waals surface area contributed by atoms with Gasteiger partial charge in [-0.15, -0.1) is 0 Å². The molecule has 0 saturated heterocycles. The summed E-state index contributed by atoms with van der Waals surface area (Å²) in [6, 6.07) is 8.17. The number of carbonyl (C=O) groups excluding carboxylic acids is 1. The molecule has 5 nitrogen and oxygen atoms in total. The van der Waals surface area contributed by atoms with Gasteiger partial charge in [0, 0.05) is 55.8 Å². The lowest BCUT2D eigenvalue weighted by Gasteiger charge is -2.27. The smallest absolute Gasteiger partial charge is 0.191 e. The number of fused-ring (bicyclic) bond motifs is 1. The molecule has 0 N–H and O–H groups in total. The van der Waals surface area contributed by atoms with Crippen molar-refractivity contribution in [2.75, 3.05) is 13.7 Å². The van der Waals surface area contributed by atoms with Gasteiger partial charge in [-0.2, -0.15) is 0 Å². The Hall–Kier alpha value is -2.53. The van der Waals surface area contributed by atoms with Crippen LogP contribution in [0.3, 0.4) is 0 Å². The molecule has 0 spiro atoms. The lowest BCUT2D eigenvalue weighted by atomic mass is 9.77. The van der Waals surface area contributed by atoms with Crippen molar-refractivity contribution >= 4 is 16.6 Å². The lowest BCUT2D eigenvalue weighted by Crippen LogP contribution is -2.23. The molecule has 2 heterocycles. The van der Waals surface area contributed by atoms with Crippen LogP contribution in [0.15, 0.2) is 41.1 Å². The molecule has 0 aliphatic heterocycles. The highest BCUT2D eigenvalue weighted by Crippen LogP contribution is 2.33. The minimum Gasteiger partial charge on any atom is -0.441 e. The SMILES string of the molecule is COCCCC1CCC(C(=O)Cc2cc3cc(-c4cnc(C)o4)ccc3cn2)CC1. The monoisotopic (exact) mass is 406 g/mol. The number of oxazole rings is 1. The van der Waals surface area contributed by atoms with Crippen molar-refractivity contribution in [2.24, 2.45) is 11.8 Å². The first-order valence-corrected chi connectivity index (χ1v) is 11.0. The van der Waals surface area contributed by atoms with E-state index in [-0.39, 0.29) is 5.92 Å². The minimum atomic E-state index is 0.185. The van der Waals surface area contributed by atoms with Crippen LogP contribution in [0, 0.1) is 18.8 Å². The molecule has 0 radical (unpaired) electrons. The van der Waals surface area contributed by atoms with E-state index >= 15 is 0 Å². The number of rotatable bonds is 8. The van der Waals surface area contributed by atoms with Crippen LogP contribution in [0.4, 0.5) is 0 Å². The molecule has 0 amide bonds. The van der Waals surface area contributed by atoms with Gasteiger partial charge in [0.05, 0.1) is 6.20 Å². The average molecular weight is 407 g/mol. The van der Waals surface area contributed by atoms with Crippen molar-refractivity contribution < 1.29 is 13.9 Å². The molecule has 0 unspecified atom stereocenters. The van der Waals surface area contributed by atoms with Gasteiger partial charge in [0.1, 0.15) is 5.78 Å². The third-order valence-electron chi connectivity index (χ3n) is 6.30. The molecule has 30 heavy (non-hydrogen) atoms. The highest BCUT2D eigenvalue weighted by molar-refractivity contribution is 5.88. The fourth-order valence-electron chi connectivity index (χ4n) is 4.54. The van der Waals surface area contributed by atoms with Gasteiger partial charge in [-0.25, -0.2) is 4.98 Å². The van der Waals surface area contributed by atoms with Gasteiger partial charge >= 0.3 is 0 Å². The largest absolute Gasteiger partial charge is 0.441 e. The fraction of sp³-hybridized carbons (Fsp3) is 0.480. The molecule has 158 valence electrons. The number of ether oxygens (including phenoxy) is 1. The molecular weight excluding hydrogens is 376 g/mol. The second-order valence-corrected chi connectivity index (χ2v) is 8.48. The van der Waals surface area contributed by atoms with Gasteiger partial charge in [0.2, 0.25) is 0 Å². The quantitative estimate of drug-likeness (QED) is 0.459. The van der Waals surface area contributed by atoms with Gasteiger partial charge in [-0.05, 0) is 62.0 Å². The zero-order valence-corrected chi connectivity index (χ0v) is 17.9. The number of aryl methyl sites for hydroxylation is 1. The molecule has 1 aliphatic carbocycles. The van der Waals surface area contributed by atoms with Gasteiger partial charge in [0.15, 0.2) is 11.7 Å². The van der Waals surface area contributed by atoms with E-state index in [0.717, 1.165) is 72.4 Å². The number of carbonyl (C=O) groups is 1. The van der Waals surface area contributed by atoms with Crippen LogP contribution < -0.4 is 0 Å². The summed E-state index contributed by atoms with van der Waals surface area (Å²) >= 11 is 0. The van der Waals surface area contributed by atoms with Gasteiger partial charge in [-0.3, -0.25) is 9.78 Å². The van der Waals surface area contributed by atoms with Gasteiger partial charge in [0.25, 0.3) is 0 Å². The van der Waals surface area contributed by atoms with Crippen molar-refractivity contribution in [1.82, 2.24) is 9.97 Å². The summed E-state index contributed by atoms with van der Waals surface area (Å²) in [5.41, 5.74) is 1.83. The van der Waals surface area contributed by atoms with Crippen molar-refractivity contribution in [1.29, 1.82) is 0 Å². The number of nitrogens with zero attached hydrogens (tertiary/aromatic N) is 2. The molecule has 4 rings (SSSR count). The predicted octanol–water partition coefficient (Wildman–Crippen LogP) is 5.54. The van der Waals surface area contributed by atoms with Crippen molar-refractivity contribution in [3.8, 4) is 11.3 Å². The highest BCUT2D eigenvalue weighted by Gasteiger charge is 2.26.